The molecule has 22 heavy (non-hydrogen) atoms. The van der Waals surface area contributed by atoms with Gasteiger partial charge < -0.3 is 6.15 Å². The molecule has 0 saturated heterocycles. The van der Waals surface area contributed by atoms with E-state index >= 15 is 0 Å². The second-order valence-corrected chi connectivity index (χ2v) is 9.21. The van der Waals surface area contributed by atoms with Crippen LogP contribution in [0.5, 0.6) is 0 Å². The second-order valence-electron chi connectivity index (χ2n) is 5.22. The van der Waals surface area contributed by atoms with Crippen molar-refractivity contribution in [3.63, 3.8) is 0 Å². The maximum absolute atomic E-state index is 2.44. The summed E-state index contributed by atoms with van der Waals surface area (Å²) in [4.78, 5) is 0. The summed E-state index contributed by atoms with van der Waals surface area (Å²) in [6.07, 6.45) is 0. The Kier molecular flexibility index (Phi) is 6.96. The second kappa shape index (κ2) is 8.24. The van der Waals surface area contributed by atoms with Crippen molar-refractivity contribution in [2.75, 3.05) is 6.66 Å². The van der Waals surface area contributed by atoms with Gasteiger partial charge in [-0.25, -0.2) is 0 Å². The van der Waals surface area contributed by atoms with Gasteiger partial charge in [-0.2, -0.15) is 0 Å². The average molecular weight is 376 g/mol. The summed E-state index contributed by atoms with van der Waals surface area (Å²) in [5, 5.41) is 4.37. The van der Waals surface area contributed by atoms with Gasteiger partial charge in [-0.1, -0.05) is 0 Å². The van der Waals surface area contributed by atoms with Crippen molar-refractivity contribution in [3.8, 4) is 0 Å². The van der Waals surface area contributed by atoms with Crippen LogP contribution < -0.4 is 22.1 Å². The molecule has 0 heterocycles. The molecule has 0 spiro atoms. The summed E-state index contributed by atoms with van der Waals surface area (Å²) in [6.45, 7) is 2.44. The zero-order valence-corrected chi connectivity index (χ0v) is 15.5. The largest absolute Gasteiger partial charge is 0.344 e. The molecular formula is C19H23BrNP. The first-order chi connectivity index (χ1) is 9.82. The van der Waals surface area contributed by atoms with E-state index in [1.54, 1.807) is 0 Å². The van der Waals surface area contributed by atoms with E-state index in [0.717, 1.165) is 0 Å². The SMILES string of the molecule is Br.C[PH](c1ccccc1)(c1ccccc1)c1ccccc1.N. The third kappa shape index (κ3) is 3.47. The van der Waals surface area contributed by atoms with E-state index in [-0.39, 0.29) is 23.1 Å². The van der Waals surface area contributed by atoms with Crippen LogP contribution in [0.2, 0.25) is 0 Å². The Labute approximate surface area is 144 Å². The van der Waals surface area contributed by atoms with Crippen LogP contribution in [0.4, 0.5) is 0 Å². The minimum atomic E-state index is -1.88. The summed E-state index contributed by atoms with van der Waals surface area (Å²) in [5.41, 5.74) is 0. The third-order valence-electron chi connectivity index (χ3n) is 4.05. The molecule has 0 aromatic heterocycles. The Morgan fingerprint density at radius 2 is 0.727 bits per heavy atom. The van der Waals surface area contributed by atoms with Crippen LogP contribution >= 0.6 is 24.2 Å². The van der Waals surface area contributed by atoms with Crippen LogP contribution in [0.3, 0.4) is 0 Å². The maximum Gasteiger partial charge on any atom is -0.344 e. The molecule has 0 radical (unpaired) electrons. The fraction of sp³-hybridized carbons (Fsp3) is 0.0526. The van der Waals surface area contributed by atoms with Gasteiger partial charge in [0.05, 0.1) is 0 Å². The smallest absolute Gasteiger partial charge is 0.344 e. The number of halogens is 1. The zero-order valence-electron chi connectivity index (χ0n) is 12.8. The van der Waals surface area contributed by atoms with Gasteiger partial charge in [-0.05, 0) is 0 Å². The van der Waals surface area contributed by atoms with E-state index in [1.165, 1.54) is 15.9 Å². The van der Waals surface area contributed by atoms with Crippen LogP contribution in [-0.2, 0) is 0 Å². The molecule has 3 aromatic rings. The summed E-state index contributed by atoms with van der Waals surface area (Å²) in [5.74, 6) is 0. The van der Waals surface area contributed by atoms with E-state index in [2.05, 4.69) is 97.7 Å². The van der Waals surface area contributed by atoms with E-state index < -0.39 is 7.26 Å². The molecule has 3 aromatic carbocycles. The van der Waals surface area contributed by atoms with Gasteiger partial charge in [-0.15, -0.1) is 17.0 Å². The van der Waals surface area contributed by atoms with E-state index in [1.807, 2.05) is 0 Å². The predicted octanol–water partition coefficient (Wildman–Crippen LogP) is 4.08. The Morgan fingerprint density at radius 1 is 0.500 bits per heavy atom. The maximum atomic E-state index is 2.44. The Morgan fingerprint density at radius 3 is 0.955 bits per heavy atom. The first-order valence-electron chi connectivity index (χ1n) is 6.98. The van der Waals surface area contributed by atoms with Crippen molar-refractivity contribution < 1.29 is 0 Å². The molecule has 0 bridgehead atoms. The minimum Gasteiger partial charge on any atom is -0.344 e. The zero-order chi connectivity index (χ0) is 13.8. The third-order valence-corrected chi connectivity index (χ3v) is 8.52. The van der Waals surface area contributed by atoms with Crippen molar-refractivity contribution in [1.29, 1.82) is 0 Å². The summed E-state index contributed by atoms with van der Waals surface area (Å²) < 4.78 is 0. The molecule has 116 valence electrons. The van der Waals surface area contributed by atoms with Gasteiger partial charge in [0, 0.05) is 0 Å². The number of hydrogen-bond donors (Lipinski definition) is 1. The summed E-state index contributed by atoms with van der Waals surface area (Å²) in [7, 11) is -1.88. The molecule has 0 aliphatic carbocycles. The molecule has 3 N–H and O–H groups in total. The van der Waals surface area contributed by atoms with Crippen molar-refractivity contribution in [1.82, 2.24) is 6.15 Å². The average Bonchev–Trinajstić information content (AvgIpc) is 2.56. The summed E-state index contributed by atoms with van der Waals surface area (Å²) >= 11 is 0. The van der Waals surface area contributed by atoms with Gasteiger partial charge in [0.2, 0.25) is 0 Å². The van der Waals surface area contributed by atoms with Crippen molar-refractivity contribution in [3.05, 3.63) is 91.0 Å². The first-order valence-corrected chi connectivity index (χ1v) is 9.48. The number of rotatable bonds is 3. The quantitative estimate of drug-likeness (QED) is 0.687. The van der Waals surface area contributed by atoms with Crippen LogP contribution in [-0.4, -0.2) is 6.66 Å². The number of benzene rings is 3. The van der Waals surface area contributed by atoms with Crippen LogP contribution in [0.25, 0.3) is 0 Å². The van der Waals surface area contributed by atoms with Crippen LogP contribution in [0.1, 0.15) is 0 Å². The predicted molar refractivity (Wildman–Crippen MR) is 108 cm³/mol. The summed E-state index contributed by atoms with van der Waals surface area (Å²) in [6, 6.07) is 32.8. The molecule has 1 nitrogen and oxygen atoms in total. The van der Waals surface area contributed by atoms with Gasteiger partial charge in [-0.3, -0.25) is 0 Å². The molecule has 0 fully saturated rings. The number of hydrogen-bond acceptors (Lipinski definition) is 1. The molecule has 0 aliphatic rings. The van der Waals surface area contributed by atoms with Crippen molar-refractivity contribution >= 4 is 40.2 Å². The minimum absolute atomic E-state index is 0. The van der Waals surface area contributed by atoms with Crippen molar-refractivity contribution in [2.24, 2.45) is 0 Å². The fourth-order valence-electron chi connectivity index (χ4n) is 2.81. The molecule has 3 heteroatoms. The standard InChI is InChI=1S/C19H19P.BrH.H3N/c1-20(17-11-5-2-6-12-17,18-13-7-3-8-14-18)19-15-9-4-10-16-19;;/h2-16,20H,1H3;1H;1H3. The van der Waals surface area contributed by atoms with Crippen molar-refractivity contribution in [2.45, 2.75) is 0 Å². The molecule has 0 atom stereocenters. The Bertz CT molecular complexity index is 575. The van der Waals surface area contributed by atoms with Gasteiger partial charge in [0.15, 0.2) is 0 Å². The first kappa shape index (κ1) is 18.6. The van der Waals surface area contributed by atoms with Gasteiger partial charge in [0.1, 0.15) is 0 Å². The van der Waals surface area contributed by atoms with E-state index in [9.17, 15) is 0 Å². The van der Waals surface area contributed by atoms with E-state index in [0.29, 0.717) is 0 Å². The van der Waals surface area contributed by atoms with Gasteiger partial charge >= 0.3 is 121 Å². The molecular weight excluding hydrogens is 353 g/mol. The van der Waals surface area contributed by atoms with E-state index in [4.69, 9.17) is 0 Å². The normalized spacial score (nSPS) is 11.0. The molecule has 0 unspecified atom stereocenters. The van der Waals surface area contributed by atoms with Crippen LogP contribution in [0, 0.1) is 0 Å². The molecule has 3 rings (SSSR count). The molecule has 0 aliphatic heterocycles. The fourth-order valence-corrected chi connectivity index (χ4v) is 6.39. The molecule has 0 amide bonds. The molecule has 0 saturated carbocycles. The topological polar surface area (TPSA) is 35.0 Å². The van der Waals surface area contributed by atoms with Gasteiger partial charge in [0.25, 0.3) is 0 Å². The Hall–Kier alpha value is -1.47. The monoisotopic (exact) mass is 375 g/mol. The van der Waals surface area contributed by atoms with Crippen LogP contribution in [0.15, 0.2) is 91.0 Å². The Balaban J connectivity index is 0.00000121.